The summed E-state index contributed by atoms with van der Waals surface area (Å²) in [5.41, 5.74) is 6.93. The monoisotopic (exact) mass is 237 g/mol. The molecule has 0 aliphatic rings. The van der Waals surface area contributed by atoms with Crippen LogP contribution in [-0.4, -0.2) is 7.11 Å². The van der Waals surface area contributed by atoms with Gasteiger partial charge in [0.15, 0.2) is 11.6 Å². The largest absolute Gasteiger partial charge is 0.494 e. The first-order chi connectivity index (χ1) is 7.76. The van der Waals surface area contributed by atoms with Crippen LogP contribution in [-0.2, 0) is 6.54 Å². The fourth-order valence-electron chi connectivity index (χ4n) is 1.52. The van der Waals surface area contributed by atoms with Crippen molar-refractivity contribution in [3.05, 3.63) is 40.3 Å². The Kier molecular flexibility index (Phi) is 3.22. The highest BCUT2D eigenvalue weighted by molar-refractivity contribution is 7.10. The van der Waals surface area contributed by atoms with Crippen molar-refractivity contribution in [2.45, 2.75) is 6.54 Å². The molecule has 0 bridgehead atoms. The number of methoxy groups -OCH3 is 1. The van der Waals surface area contributed by atoms with Crippen molar-refractivity contribution in [1.82, 2.24) is 0 Å². The first-order valence-electron chi connectivity index (χ1n) is 4.86. The lowest BCUT2D eigenvalue weighted by Crippen LogP contribution is -1.92. The first-order valence-corrected chi connectivity index (χ1v) is 5.74. The number of ether oxygens (including phenoxy) is 1. The van der Waals surface area contributed by atoms with Gasteiger partial charge in [0.2, 0.25) is 0 Å². The Hall–Kier alpha value is -1.39. The van der Waals surface area contributed by atoms with Gasteiger partial charge in [-0.15, -0.1) is 11.3 Å². The molecule has 1 heterocycles. The van der Waals surface area contributed by atoms with Crippen LogP contribution in [0.5, 0.6) is 5.75 Å². The van der Waals surface area contributed by atoms with E-state index in [0.717, 1.165) is 10.4 Å². The molecule has 0 aliphatic carbocycles. The molecular weight excluding hydrogens is 225 g/mol. The van der Waals surface area contributed by atoms with Crippen LogP contribution in [0.2, 0.25) is 0 Å². The van der Waals surface area contributed by atoms with Crippen LogP contribution in [0.3, 0.4) is 0 Å². The first kappa shape index (κ1) is 11.1. The number of hydrogen-bond acceptors (Lipinski definition) is 3. The molecule has 0 spiro atoms. The zero-order valence-corrected chi connectivity index (χ0v) is 9.68. The molecule has 2 N–H and O–H groups in total. The highest BCUT2D eigenvalue weighted by atomic mass is 32.1. The Morgan fingerprint density at radius 2 is 2.25 bits per heavy atom. The normalized spacial score (nSPS) is 10.4. The van der Waals surface area contributed by atoms with E-state index in [1.165, 1.54) is 18.4 Å². The van der Waals surface area contributed by atoms with E-state index in [1.807, 2.05) is 11.4 Å². The van der Waals surface area contributed by atoms with Gasteiger partial charge in [0.05, 0.1) is 7.11 Å². The van der Waals surface area contributed by atoms with Gasteiger partial charge < -0.3 is 10.5 Å². The standard InChI is InChI=1S/C12H12FNOS/c1-15-11-4-2-3-10(12(11)13)8-5-9(6-14)16-7-8/h2-5,7H,6,14H2,1H3. The van der Waals surface area contributed by atoms with Crippen molar-refractivity contribution in [3.63, 3.8) is 0 Å². The molecule has 0 saturated heterocycles. The second-order valence-electron chi connectivity index (χ2n) is 3.33. The van der Waals surface area contributed by atoms with E-state index in [9.17, 15) is 4.39 Å². The smallest absolute Gasteiger partial charge is 0.172 e. The van der Waals surface area contributed by atoms with Gasteiger partial charge in [0.25, 0.3) is 0 Å². The minimum atomic E-state index is -0.327. The van der Waals surface area contributed by atoms with Crippen LogP contribution >= 0.6 is 11.3 Å². The minimum Gasteiger partial charge on any atom is -0.494 e. The molecular formula is C12H12FNOS. The molecule has 0 atom stereocenters. The van der Waals surface area contributed by atoms with Gasteiger partial charge in [0, 0.05) is 17.0 Å². The predicted octanol–water partition coefficient (Wildman–Crippen LogP) is 3.02. The number of benzene rings is 1. The SMILES string of the molecule is COc1cccc(-c2csc(CN)c2)c1F. The summed E-state index contributed by atoms with van der Waals surface area (Å²) in [6.07, 6.45) is 0. The maximum atomic E-state index is 13.9. The Morgan fingerprint density at radius 3 is 2.88 bits per heavy atom. The second-order valence-corrected chi connectivity index (χ2v) is 4.32. The van der Waals surface area contributed by atoms with E-state index >= 15 is 0 Å². The molecule has 2 rings (SSSR count). The molecule has 0 radical (unpaired) electrons. The summed E-state index contributed by atoms with van der Waals surface area (Å²) >= 11 is 1.53. The van der Waals surface area contributed by atoms with E-state index in [2.05, 4.69) is 0 Å². The van der Waals surface area contributed by atoms with Crippen molar-refractivity contribution < 1.29 is 9.13 Å². The molecule has 1 aromatic carbocycles. The van der Waals surface area contributed by atoms with Gasteiger partial charge in [-0.25, -0.2) is 4.39 Å². The highest BCUT2D eigenvalue weighted by Crippen LogP contribution is 2.31. The average Bonchev–Trinajstić information content (AvgIpc) is 2.78. The average molecular weight is 237 g/mol. The molecule has 0 unspecified atom stereocenters. The zero-order valence-electron chi connectivity index (χ0n) is 8.87. The van der Waals surface area contributed by atoms with E-state index in [-0.39, 0.29) is 11.6 Å². The summed E-state index contributed by atoms with van der Waals surface area (Å²) in [4.78, 5) is 1.04. The molecule has 0 saturated carbocycles. The van der Waals surface area contributed by atoms with Crippen LogP contribution in [0.4, 0.5) is 4.39 Å². The highest BCUT2D eigenvalue weighted by Gasteiger charge is 2.11. The van der Waals surface area contributed by atoms with Crippen LogP contribution in [0.25, 0.3) is 11.1 Å². The van der Waals surface area contributed by atoms with Gasteiger partial charge >= 0.3 is 0 Å². The fourth-order valence-corrected chi connectivity index (χ4v) is 2.28. The van der Waals surface area contributed by atoms with Gasteiger partial charge in [-0.05, 0) is 23.1 Å². The minimum absolute atomic E-state index is 0.262. The molecule has 2 aromatic rings. The molecule has 2 nitrogen and oxygen atoms in total. The van der Waals surface area contributed by atoms with Gasteiger partial charge in [-0.3, -0.25) is 0 Å². The maximum absolute atomic E-state index is 13.9. The van der Waals surface area contributed by atoms with Crippen LogP contribution in [0.1, 0.15) is 4.88 Å². The third-order valence-electron chi connectivity index (χ3n) is 2.35. The van der Waals surface area contributed by atoms with Crippen molar-refractivity contribution in [2.75, 3.05) is 7.11 Å². The second kappa shape index (κ2) is 4.63. The van der Waals surface area contributed by atoms with E-state index < -0.39 is 0 Å². The Labute approximate surface area is 97.5 Å². The number of hydrogen-bond donors (Lipinski definition) is 1. The summed E-state index contributed by atoms with van der Waals surface area (Å²) < 4.78 is 18.9. The number of thiophene rings is 1. The molecule has 84 valence electrons. The number of halogens is 1. The molecule has 0 amide bonds. The van der Waals surface area contributed by atoms with Crippen molar-refractivity contribution >= 4 is 11.3 Å². The number of nitrogens with two attached hydrogens (primary N) is 1. The van der Waals surface area contributed by atoms with Crippen molar-refractivity contribution in [3.8, 4) is 16.9 Å². The van der Waals surface area contributed by atoms with E-state index in [4.69, 9.17) is 10.5 Å². The molecule has 0 aliphatic heterocycles. The number of rotatable bonds is 3. The predicted molar refractivity (Wildman–Crippen MR) is 64.2 cm³/mol. The molecule has 4 heteroatoms. The van der Waals surface area contributed by atoms with Crippen molar-refractivity contribution in [2.24, 2.45) is 5.73 Å². The van der Waals surface area contributed by atoms with E-state index in [1.54, 1.807) is 18.2 Å². The maximum Gasteiger partial charge on any atom is 0.172 e. The summed E-state index contributed by atoms with van der Waals surface area (Å²) in [6.45, 7) is 0.482. The molecule has 1 aromatic heterocycles. The van der Waals surface area contributed by atoms with Crippen LogP contribution < -0.4 is 10.5 Å². The lowest BCUT2D eigenvalue weighted by atomic mass is 10.1. The summed E-state index contributed by atoms with van der Waals surface area (Å²) in [5.74, 6) is -0.0654. The summed E-state index contributed by atoms with van der Waals surface area (Å²) in [6, 6.07) is 7.02. The van der Waals surface area contributed by atoms with Crippen molar-refractivity contribution in [1.29, 1.82) is 0 Å². The van der Waals surface area contributed by atoms with E-state index in [0.29, 0.717) is 12.1 Å². The van der Waals surface area contributed by atoms with Gasteiger partial charge in [-0.1, -0.05) is 12.1 Å². The fraction of sp³-hybridized carbons (Fsp3) is 0.167. The molecule has 0 fully saturated rings. The van der Waals surface area contributed by atoms with Crippen LogP contribution in [0, 0.1) is 5.82 Å². The Bertz CT molecular complexity index is 496. The summed E-state index contributed by atoms with van der Waals surface area (Å²) in [5, 5.41) is 1.90. The zero-order chi connectivity index (χ0) is 11.5. The van der Waals surface area contributed by atoms with Gasteiger partial charge in [-0.2, -0.15) is 0 Å². The topological polar surface area (TPSA) is 35.2 Å². The third-order valence-corrected chi connectivity index (χ3v) is 3.31. The van der Waals surface area contributed by atoms with Gasteiger partial charge in [0.1, 0.15) is 0 Å². The quantitative estimate of drug-likeness (QED) is 0.890. The Morgan fingerprint density at radius 1 is 1.44 bits per heavy atom. The molecule has 16 heavy (non-hydrogen) atoms. The lowest BCUT2D eigenvalue weighted by molar-refractivity contribution is 0.387. The summed E-state index contributed by atoms with van der Waals surface area (Å²) in [7, 11) is 1.46. The Balaban J connectivity index is 2.47. The van der Waals surface area contributed by atoms with Crippen LogP contribution in [0.15, 0.2) is 29.6 Å². The third kappa shape index (κ3) is 1.94. The lowest BCUT2D eigenvalue weighted by Gasteiger charge is -2.05.